The second-order valence-corrected chi connectivity index (χ2v) is 8.77. The van der Waals surface area contributed by atoms with Crippen LogP contribution in [-0.2, 0) is 14.8 Å². The van der Waals surface area contributed by atoms with Gasteiger partial charge in [0.15, 0.2) is 0 Å². The van der Waals surface area contributed by atoms with Crippen molar-refractivity contribution in [1.29, 1.82) is 0 Å². The third-order valence-electron chi connectivity index (χ3n) is 4.78. The summed E-state index contributed by atoms with van der Waals surface area (Å²) in [5.41, 5.74) is 0.455. The molecule has 1 atom stereocenters. The molecule has 7 heteroatoms. The van der Waals surface area contributed by atoms with Crippen LogP contribution in [0.1, 0.15) is 46.0 Å². The van der Waals surface area contributed by atoms with E-state index in [1.807, 2.05) is 6.92 Å². The minimum Gasteiger partial charge on any atom is -0.494 e. The van der Waals surface area contributed by atoms with Gasteiger partial charge >= 0.3 is 0 Å². The molecule has 0 heterocycles. The maximum absolute atomic E-state index is 12.6. The summed E-state index contributed by atoms with van der Waals surface area (Å²) in [7, 11) is -3.60. The molecule has 1 aliphatic rings. The Morgan fingerprint density at radius 2 is 1.85 bits per heavy atom. The van der Waals surface area contributed by atoms with E-state index in [2.05, 4.69) is 5.32 Å². The summed E-state index contributed by atoms with van der Waals surface area (Å²) < 4.78 is 31.2. The van der Waals surface area contributed by atoms with Crippen molar-refractivity contribution in [3.05, 3.63) is 24.3 Å². The standard InChI is InChI=1S/C19H30N2O4S/c1-4-25-18-12-10-17(11-13-18)21(26(3,23)24)15(2)19(22)20-14-16-8-6-5-7-9-16/h10-13,15-16H,4-9,14H2,1-3H3,(H,20,22). The minimum atomic E-state index is -3.60. The monoisotopic (exact) mass is 382 g/mol. The van der Waals surface area contributed by atoms with Gasteiger partial charge in [-0.1, -0.05) is 19.3 Å². The van der Waals surface area contributed by atoms with E-state index in [4.69, 9.17) is 4.74 Å². The number of nitrogens with one attached hydrogen (secondary N) is 1. The smallest absolute Gasteiger partial charge is 0.243 e. The molecule has 1 aromatic rings. The molecule has 1 aliphatic carbocycles. The predicted molar refractivity (Wildman–Crippen MR) is 104 cm³/mol. The zero-order valence-electron chi connectivity index (χ0n) is 15.9. The van der Waals surface area contributed by atoms with E-state index >= 15 is 0 Å². The number of rotatable bonds is 8. The molecule has 146 valence electrons. The van der Waals surface area contributed by atoms with Crippen LogP contribution < -0.4 is 14.4 Å². The zero-order valence-corrected chi connectivity index (χ0v) is 16.7. The van der Waals surface area contributed by atoms with Gasteiger partial charge < -0.3 is 10.1 Å². The van der Waals surface area contributed by atoms with Crippen LogP contribution in [0.25, 0.3) is 0 Å². The van der Waals surface area contributed by atoms with Gasteiger partial charge in [0.25, 0.3) is 0 Å². The largest absolute Gasteiger partial charge is 0.494 e. The Balaban J connectivity index is 2.08. The first-order chi connectivity index (χ1) is 12.3. The minimum absolute atomic E-state index is 0.269. The number of amides is 1. The van der Waals surface area contributed by atoms with Gasteiger partial charge in [-0.25, -0.2) is 8.42 Å². The number of carbonyl (C=O) groups excluding carboxylic acids is 1. The highest BCUT2D eigenvalue weighted by atomic mass is 32.2. The lowest BCUT2D eigenvalue weighted by Crippen LogP contribution is -2.48. The second kappa shape index (κ2) is 9.26. The molecule has 1 fully saturated rings. The number of carbonyl (C=O) groups is 1. The lowest BCUT2D eigenvalue weighted by atomic mass is 9.89. The summed E-state index contributed by atoms with van der Waals surface area (Å²) in [6, 6.07) is 5.94. The molecule has 1 amide bonds. The molecule has 0 spiro atoms. The van der Waals surface area contributed by atoms with E-state index in [-0.39, 0.29) is 5.91 Å². The molecule has 1 saturated carbocycles. The van der Waals surface area contributed by atoms with Crippen molar-refractivity contribution in [2.75, 3.05) is 23.7 Å². The maximum atomic E-state index is 12.6. The molecule has 2 rings (SSSR count). The molecule has 0 radical (unpaired) electrons. The van der Waals surface area contributed by atoms with Gasteiger partial charge in [-0.05, 0) is 56.9 Å². The highest BCUT2D eigenvalue weighted by molar-refractivity contribution is 7.92. The predicted octanol–water partition coefficient (Wildman–Crippen LogP) is 2.94. The average molecular weight is 383 g/mol. The summed E-state index contributed by atoms with van der Waals surface area (Å²) in [6.45, 7) is 4.66. The first-order valence-corrected chi connectivity index (χ1v) is 11.2. The Hall–Kier alpha value is -1.76. The van der Waals surface area contributed by atoms with Crippen molar-refractivity contribution >= 4 is 21.6 Å². The topological polar surface area (TPSA) is 75.7 Å². The lowest BCUT2D eigenvalue weighted by molar-refractivity contribution is -0.122. The van der Waals surface area contributed by atoms with Gasteiger partial charge in [0, 0.05) is 6.54 Å². The Labute approximate surface area is 157 Å². The third kappa shape index (κ3) is 5.62. The Kier molecular flexibility index (Phi) is 7.32. The fourth-order valence-electron chi connectivity index (χ4n) is 3.45. The molecule has 6 nitrogen and oxygen atoms in total. The van der Waals surface area contributed by atoms with E-state index in [1.54, 1.807) is 31.2 Å². The Morgan fingerprint density at radius 1 is 1.23 bits per heavy atom. The Morgan fingerprint density at radius 3 is 2.38 bits per heavy atom. The van der Waals surface area contributed by atoms with Crippen molar-refractivity contribution in [3.8, 4) is 5.75 Å². The van der Waals surface area contributed by atoms with Crippen molar-refractivity contribution in [2.45, 2.75) is 52.0 Å². The molecule has 0 saturated heterocycles. The van der Waals surface area contributed by atoms with Gasteiger partial charge in [0.05, 0.1) is 18.6 Å². The van der Waals surface area contributed by atoms with Gasteiger partial charge in [-0.2, -0.15) is 0 Å². The van der Waals surface area contributed by atoms with Gasteiger partial charge in [0.2, 0.25) is 15.9 Å². The molecule has 0 bridgehead atoms. The van der Waals surface area contributed by atoms with Crippen LogP contribution in [0.5, 0.6) is 5.75 Å². The van der Waals surface area contributed by atoms with Crippen LogP contribution in [-0.4, -0.2) is 39.8 Å². The molecular formula is C19H30N2O4S. The maximum Gasteiger partial charge on any atom is 0.243 e. The molecule has 1 aromatic carbocycles. The van der Waals surface area contributed by atoms with E-state index in [1.165, 1.54) is 23.6 Å². The Bertz CT molecular complexity index is 682. The average Bonchev–Trinajstić information content (AvgIpc) is 2.61. The summed E-state index contributed by atoms with van der Waals surface area (Å²) in [5.74, 6) is 0.894. The first kappa shape index (κ1) is 20.6. The number of anilines is 1. The van der Waals surface area contributed by atoms with Crippen LogP contribution in [0.4, 0.5) is 5.69 Å². The number of sulfonamides is 1. The number of nitrogens with zero attached hydrogens (tertiary/aromatic N) is 1. The molecule has 1 unspecified atom stereocenters. The number of benzene rings is 1. The summed E-state index contributed by atoms with van der Waals surface area (Å²) in [5, 5.41) is 2.94. The number of hydrogen-bond donors (Lipinski definition) is 1. The summed E-state index contributed by atoms with van der Waals surface area (Å²) in [4.78, 5) is 12.6. The SMILES string of the molecule is CCOc1ccc(N(C(C)C(=O)NCC2CCCCC2)S(C)(=O)=O)cc1. The fourth-order valence-corrected chi connectivity index (χ4v) is 4.62. The van der Waals surface area contributed by atoms with Crippen LogP contribution in [0, 0.1) is 5.92 Å². The number of hydrogen-bond acceptors (Lipinski definition) is 4. The highest BCUT2D eigenvalue weighted by Crippen LogP contribution is 2.25. The fraction of sp³-hybridized carbons (Fsp3) is 0.632. The molecule has 0 aromatic heterocycles. The summed E-state index contributed by atoms with van der Waals surface area (Å²) in [6.07, 6.45) is 7.05. The van der Waals surface area contributed by atoms with Gasteiger partial charge in [0.1, 0.15) is 11.8 Å². The lowest BCUT2D eigenvalue weighted by Gasteiger charge is -2.29. The molecule has 1 N–H and O–H groups in total. The van der Waals surface area contributed by atoms with Gasteiger partial charge in [-0.15, -0.1) is 0 Å². The third-order valence-corrected chi connectivity index (χ3v) is 6.02. The van der Waals surface area contributed by atoms with Crippen LogP contribution in [0.15, 0.2) is 24.3 Å². The van der Waals surface area contributed by atoms with Crippen molar-refractivity contribution in [3.63, 3.8) is 0 Å². The van der Waals surface area contributed by atoms with E-state index in [0.717, 1.165) is 19.1 Å². The van der Waals surface area contributed by atoms with E-state index in [0.29, 0.717) is 30.5 Å². The zero-order chi connectivity index (χ0) is 19.2. The normalized spacial score (nSPS) is 16.7. The first-order valence-electron chi connectivity index (χ1n) is 9.33. The van der Waals surface area contributed by atoms with Crippen LogP contribution in [0.3, 0.4) is 0 Å². The van der Waals surface area contributed by atoms with Crippen molar-refractivity contribution < 1.29 is 17.9 Å². The highest BCUT2D eigenvalue weighted by Gasteiger charge is 2.29. The van der Waals surface area contributed by atoms with Gasteiger partial charge in [-0.3, -0.25) is 9.10 Å². The summed E-state index contributed by atoms with van der Waals surface area (Å²) >= 11 is 0. The van der Waals surface area contributed by atoms with E-state index < -0.39 is 16.1 Å². The number of ether oxygens (including phenoxy) is 1. The van der Waals surface area contributed by atoms with Crippen molar-refractivity contribution in [2.24, 2.45) is 5.92 Å². The molecule has 26 heavy (non-hydrogen) atoms. The van der Waals surface area contributed by atoms with E-state index in [9.17, 15) is 13.2 Å². The molecular weight excluding hydrogens is 352 g/mol. The van der Waals surface area contributed by atoms with Crippen LogP contribution >= 0.6 is 0 Å². The van der Waals surface area contributed by atoms with Crippen LogP contribution in [0.2, 0.25) is 0 Å². The molecule has 0 aliphatic heterocycles. The van der Waals surface area contributed by atoms with Crippen molar-refractivity contribution in [1.82, 2.24) is 5.32 Å². The quantitative estimate of drug-likeness (QED) is 0.750. The second-order valence-electron chi connectivity index (χ2n) is 6.91.